The van der Waals surface area contributed by atoms with Gasteiger partial charge in [-0.25, -0.2) is 4.79 Å². The van der Waals surface area contributed by atoms with Gasteiger partial charge in [-0.3, -0.25) is 4.79 Å². The Morgan fingerprint density at radius 1 is 1.50 bits per heavy atom. The van der Waals surface area contributed by atoms with Crippen LogP contribution >= 0.6 is 22.6 Å². The van der Waals surface area contributed by atoms with Crippen molar-refractivity contribution in [3.8, 4) is 5.75 Å². The van der Waals surface area contributed by atoms with Gasteiger partial charge in [0.1, 0.15) is 11.8 Å². The summed E-state index contributed by atoms with van der Waals surface area (Å²) in [6.45, 7) is 1.34. The summed E-state index contributed by atoms with van der Waals surface area (Å²) in [5, 5.41) is 11.9. The largest absolute Gasteiger partial charge is 0.507 e. The molecule has 0 aliphatic heterocycles. The second-order valence-electron chi connectivity index (χ2n) is 3.77. The van der Waals surface area contributed by atoms with Crippen molar-refractivity contribution in [3.05, 3.63) is 27.3 Å². The summed E-state index contributed by atoms with van der Waals surface area (Å²) in [7, 11) is 1.28. The number of carbonyl (C=O) groups excluding carboxylic acids is 2. The van der Waals surface area contributed by atoms with E-state index in [0.29, 0.717) is 9.99 Å². The number of ether oxygens (including phenoxy) is 1. The van der Waals surface area contributed by atoms with Crippen LogP contribution < -0.4 is 5.32 Å². The predicted molar refractivity (Wildman–Crippen MR) is 74.1 cm³/mol. The molecular weight excluding hydrogens is 349 g/mol. The van der Waals surface area contributed by atoms with E-state index in [2.05, 4.69) is 10.1 Å². The van der Waals surface area contributed by atoms with E-state index in [1.165, 1.54) is 14.0 Å². The third-order valence-corrected chi connectivity index (χ3v) is 3.18. The van der Waals surface area contributed by atoms with Gasteiger partial charge in [0.2, 0.25) is 5.91 Å². The molecule has 0 spiro atoms. The van der Waals surface area contributed by atoms with E-state index < -0.39 is 12.0 Å². The van der Waals surface area contributed by atoms with Gasteiger partial charge in [-0.05, 0) is 40.3 Å². The Hall–Kier alpha value is -1.31. The molecule has 5 nitrogen and oxygen atoms in total. The van der Waals surface area contributed by atoms with Crippen LogP contribution in [0.25, 0.3) is 0 Å². The van der Waals surface area contributed by atoms with E-state index in [1.54, 1.807) is 18.2 Å². The van der Waals surface area contributed by atoms with Crippen LogP contribution in [0.15, 0.2) is 18.2 Å². The number of aromatic hydroxyl groups is 1. The number of esters is 1. The molecule has 1 aromatic rings. The third-order valence-electron chi connectivity index (χ3n) is 2.32. The normalized spacial score (nSPS) is 11.7. The van der Waals surface area contributed by atoms with Gasteiger partial charge in [-0.2, -0.15) is 0 Å². The highest BCUT2D eigenvalue weighted by atomic mass is 127. The molecule has 98 valence electrons. The summed E-state index contributed by atoms with van der Waals surface area (Å²) in [6.07, 6.45) is 0.322. The molecule has 1 rings (SSSR count). The Labute approximate surface area is 119 Å². The fourth-order valence-corrected chi connectivity index (χ4v) is 2.07. The lowest BCUT2D eigenvalue weighted by Gasteiger charge is -2.15. The Balaban J connectivity index is 2.85. The number of carbonyl (C=O) groups is 2. The molecule has 0 bridgehead atoms. The van der Waals surface area contributed by atoms with Crippen molar-refractivity contribution < 1.29 is 19.4 Å². The Morgan fingerprint density at radius 2 is 2.17 bits per heavy atom. The van der Waals surface area contributed by atoms with E-state index in [0.717, 1.165) is 5.56 Å². The fourth-order valence-electron chi connectivity index (χ4n) is 1.49. The van der Waals surface area contributed by atoms with E-state index in [1.807, 2.05) is 22.6 Å². The van der Waals surface area contributed by atoms with Gasteiger partial charge >= 0.3 is 5.97 Å². The SMILES string of the molecule is COC(=O)[C@H](Cc1ccc(O)c(I)c1)NC(C)=O. The van der Waals surface area contributed by atoms with Gasteiger partial charge in [0.25, 0.3) is 0 Å². The summed E-state index contributed by atoms with van der Waals surface area (Å²) in [5.41, 5.74) is 0.835. The van der Waals surface area contributed by atoms with Gasteiger partial charge in [0.15, 0.2) is 0 Å². The molecule has 1 amide bonds. The molecule has 1 atom stereocenters. The summed E-state index contributed by atoms with van der Waals surface area (Å²) < 4.78 is 5.33. The number of benzene rings is 1. The zero-order valence-corrected chi connectivity index (χ0v) is 12.2. The number of hydrogen-bond donors (Lipinski definition) is 2. The first-order valence-electron chi connectivity index (χ1n) is 5.26. The molecule has 0 radical (unpaired) electrons. The van der Waals surface area contributed by atoms with Crippen LogP contribution in [-0.2, 0) is 20.7 Å². The maximum Gasteiger partial charge on any atom is 0.328 e. The van der Waals surface area contributed by atoms with Crippen LogP contribution in [0.5, 0.6) is 5.75 Å². The van der Waals surface area contributed by atoms with E-state index >= 15 is 0 Å². The van der Waals surface area contributed by atoms with Crippen LogP contribution in [-0.4, -0.2) is 30.1 Å². The average molecular weight is 363 g/mol. The lowest BCUT2D eigenvalue weighted by Crippen LogP contribution is -2.41. The molecule has 0 unspecified atom stereocenters. The summed E-state index contributed by atoms with van der Waals surface area (Å²) in [6, 6.07) is 4.30. The monoisotopic (exact) mass is 363 g/mol. The number of rotatable bonds is 4. The van der Waals surface area contributed by atoms with Crippen molar-refractivity contribution in [3.63, 3.8) is 0 Å². The molecule has 0 aliphatic rings. The number of phenols is 1. The lowest BCUT2D eigenvalue weighted by atomic mass is 10.1. The highest BCUT2D eigenvalue weighted by molar-refractivity contribution is 14.1. The molecule has 2 N–H and O–H groups in total. The third kappa shape index (κ3) is 4.17. The molecular formula is C12H14INO4. The van der Waals surface area contributed by atoms with Crippen molar-refractivity contribution in [1.29, 1.82) is 0 Å². The van der Waals surface area contributed by atoms with Crippen LogP contribution in [0.1, 0.15) is 12.5 Å². The van der Waals surface area contributed by atoms with Gasteiger partial charge in [0, 0.05) is 13.3 Å². The number of halogens is 1. The maximum atomic E-state index is 11.5. The predicted octanol–water partition coefficient (Wildman–Crippen LogP) is 1.22. The van der Waals surface area contributed by atoms with E-state index in [9.17, 15) is 14.7 Å². The minimum Gasteiger partial charge on any atom is -0.507 e. The van der Waals surface area contributed by atoms with E-state index in [4.69, 9.17) is 0 Å². The number of hydrogen-bond acceptors (Lipinski definition) is 4. The molecule has 0 saturated carbocycles. The Kier molecular flexibility index (Phi) is 5.39. The van der Waals surface area contributed by atoms with Crippen molar-refractivity contribution in [2.75, 3.05) is 7.11 Å². The number of nitrogens with one attached hydrogen (secondary N) is 1. The van der Waals surface area contributed by atoms with Crippen LogP contribution in [0.3, 0.4) is 0 Å². The van der Waals surface area contributed by atoms with Crippen molar-refractivity contribution in [2.45, 2.75) is 19.4 Å². The fraction of sp³-hybridized carbons (Fsp3) is 0.333. The first-order chi connectivity index (χ1) is 8.43. The molecule has 0 aromatic heterocycles. The average Bonchev–Trinajstić information content (AvgIpc) is 2.31. The highest BCUT2D eigenvalue weighted by Gasteiger charge is 2.20. The van der Waals surface area contributed by atoms with Gasteiger partial charge in [-0.15, -0.1) is 0 Å². The molecule has 0 saturated heterocycles. The molecule has 18 heavy (non-hydrogen) atoms. The molecule has 6 heteroatoms. The molecule has 0 fully saturated rings. The smallest absolute Gasteiger partial charge is 0.328 e. The quantitative estimate of drug-likeness (QED) is 0.623. The first-order valence-corrected chi connectivity index (χ1v) is 6.34. The molecule has 1 aromatic carbocycles. The Bertz CT molecular complexity index is 461. The summed E-state index contributed by atoms with van der Waals surface area (Å²) in [5.74, 6) is -0.597. The van der Waals surface area contributed by atoms with Gasteiger partial charge in [0.05, 0.1) is 10.7 Å². The Morgan fingerprint density at radius 3 is 2.67 bits per heavy atom. The minimum absolute atomic E-state index is 0.188. The first kappa shape index (κ1) is 14.7. The zero-order valence-electron chi connectivity index (χ0n) is 10.1. The highest BCUT2D eigenvalue weighted by Crippen LogP contribution is 2.21. The number of methoxy groups -OCH3 is 1. The van der Waals surface area contributed by atoms with Gasteiger partial charge in [-0.1, -0.05) is 6.07 Å². The van der Waals surface area contributed by atoms with Crippen molar-refractivity contribution in [1.82, 2.24) is 5.32 Å². The maximum absolute atomic E-state index is 11.5. The summed E-state index contributed by atoms with van der Waals surface area (Å²) in [4.78, 5) is 22.5. The molecule has 0 aliphatic carbocycles. The minimum atomic E-state index is -0.715. The van der Waals surface area contributed by atoms with E-state index in [-0.39, 0.29) is 11.7 Å². The second-order valence-corrected chi connectivity index (χ2v) is 4.93. The lowest BCUT2D eigenvalue weighted by molar-refractivity contribution is -0.144. The molecule has 0 heterocycles. The van der Waals surface area contributed by atoms with Crippen LogP contribution in [0.4, 0.5) is 0 Å². The number of amides is 1. The second kappa shape index (κ2) is 6.58. The van der Waals surface area contributed by atoms with Crippen molar-refractivity contribution >= 4 is 34.5 Å². The van der Waals surface area contributed by atoms with Crippen molar-refractivity contribution in [2.24, 2.45) is 0 Å². The van der Waals surface area contributed by atoms with Crippen LogP contribution in [0, 0.1) is 3.57 Å². The zero-order chi connectivity index (χ0) is 13.7. The van der Waals surface area contributed by atoms with Gasteiger partial charge < -0.3 is 15.2 Å². The number of phenolic OH excluding ortho intramolecular Hbond substituents is 1. The van der Waals surface area contributed by atoms with Crippen LogP contribution in [0.2, 0.25) is 0 Å². The summed E-state index contributed by atoms with van der Waals surface area (Å²) >= 11 is 2.00. The topological polar surface area (TPSA) is 75.6 Å². The standard InChI is InChI=1S/C12H14INO4/c1-7(15)14-10(12(17)18-2)6-8-3-4-11(16)9(13)5-8/h3-5,10,16H,6H2,1-2H3,(H,14,15)/t10-/m0/s1.